The van der Waals surface area contributed by atoms with Crippen LogP contribution in [0.1, 0.15) is 21.6 Å². The first-order valence-electron chi connectivity index (χ1n) is 8.31. The number of sulfonamides is 1. The Morgan fingerprint density at radius 2 is 1.78 bits per heavy atom. The van der Waals surface area contributed by atoms with Gasteiger partial charge in [-0.05, 0) is 31.0 Å². The molecule has 0 aliphatic carbocycles. The summed E-state index contributed by atoms with van der Waals surface area (Å²) in [7, 11) is -3.73. The number of hydrogen-bond donors (Lipinski definition) is 2. The second-order valence-electron chi connectivity index (χ2n) is 5.95. The summed E-state index contributed by atoms with van der Waals surface area (Å²) < 4.78 is 27.2. The van der Waals surface area contributed by atoms with Crippen LogP contribution in [0, 0.1) is 6.92 Å². The number of carbonyl (C=O) groups excluding carboxylic acids is 1. The standard InChI is InChI=1S/C19H19N3O3S2/c1-14-7-9-16(10-8-14)27(24,25)22-19-21-17(13-26-19)18(23)20-12-11-15-5-3-2-4-6-15/h2-10,13H,11-12H2,1H3,(H,20,23)(H,21,22). The van der Waals surface area contributed by atoms with Gasteiger partial charge in [-0.15, -0.1) is 11.3 Å². The van der Waals surface area contributed by atoms with Crippen molar-refractivity contribution in [3.63, 3.8) is 0 Å². The van der Waals surface area contributed by atoms with Gasteiger partial charge in [0.25, 0.3) is 15.9 Å². The highest BCUT2D eigenvalue weighted by molar-refractivity contribution is 7.93. The van der Waals surface area contributed by atoms with E-state index in [0.717, 1.165) is 22.5 Å². The second kappa shape index (κ2) is 8.32. The van der Waals surface area contributed by atoms with Crippen LogP contribution in [0.15, 0.2) is 64.9 Å². The Labute approximate surface area is 162 Å². The van der Waals surface area contributed by atoms with Crippen LogP contribution in [0.2, 0.25) is 0 Å². The van der Waals surface area contributed by atoms with Crippen LogP contribution in [0.4, 0.5) is 5.13 Å². The Balaban J connectivity index is 1.59. The zero-order valence-electron chi connectivity index (χ0n) is 14.7. The van der Waals surface area contributed by atoms with Gasteiger partial charge in [0, 0.05) is 11.9 Å². The van der Waals surface area contributed by atoms with Gasteiger partial charge < -0.3 is 5.32 Å². The molecule has 6 nitrogen and oxygen atoms in total. The van der Waals surface area contributed by atoms with Crippen molar-refractivity contribution >= 4 is 32.4 Å². The summed E-state index contributed by atoms with van der Waals surface area (Å²) in [4.78, 5) is 16.4. The predicted octanol–water partition coefficient (Wildman–Crippen LogP) is 3.22. The molecule has 8 heteroatoms. The lowest BCUT2D eigenvalue weighted by Crippen LogP contribution is -2.26. The highest BCUT2D eigenvalue weighted by Crippen LogP contribution is 2.20. The largest absolute Gasteiger partial charge is 0.350 e. The van der Waals surface area contributed by atoms with Crippen LogP contribution in [0.5, 0.6) is 0 Å². The van der Waals surface area contributed by atoms with Crippen molar-refractivity contribution < 1.29 is 13.2 Å². The van der Waals surface area contributed by atoms with E-state index in [9.17, 15) is 13.2 Å². The third kappa shape index (κ3) is 5.15. The maximum atomic E-state index is 12.4. The van der Waals surface area contributed by atoms with Crippen molar-refractivity contribution in [2.75, 3.05) is 11.3 Å². The monoisotopic (exact) mass is 401 g/mol. The van der Waals surface area contributed by atoms with E-state index >= 15 is 0 Å². The smallest absolute Gasteiger partial charge is 0.270 e. The highest BCUT2D eigenvalue weighted by Gasteiger charge is 2.17. The molecule has 2 N–H and O–H groups in total. The molecule has 0 bridgehead atoms. The number of aryl methyl sites for hydroxylation is 1. The average Bonchev–Trinajstić information content (AvgIpc) is 3.11. The Morgan fingerprint density at radius 3 is 2.48 bits per heavy atom. The Hall–Kier alpha value is -2.71. The van der Waals surface area contributed by atoms with Gasteiger partial charge in [-0.1, -0.05) is 48.0 Å². The number of hydrogen-bond acceptors (Lipinski definition) is 5. The van der Waals surface area contributed by atoms with E-state index in [1.807, 2.05) is 37.3 Å². The van der Waals surface area contributed by atoms with Gasteiger partial charge in [0.05, 0.1) is 4.90 Å². The Kier molecular flexibility index (Phi) is 5.88. The molecule has 140 valence electrons. The molecular formula is C19H19N3O3S2. The number of benzene rings is 2. The quantitative estimate of drug-likeness (QED) is 0.636. The molecule has 3 aromatic rings. The molecule has 1 amide bonds. The molecular weight excluding hydrogens is 382 g/mol. The number of nitrogens with one attached hydrogen (secondary N) is 2. The number of aromatic nitrogens is 1. The van der Waals surface area contributed by atoms with Gasteiger partial charge >= 0.3 is 0 Å². The summed E-state index contributed by atoms with van der Waals surface area (Å²) in [6, 6.07) is 16.3. The normalized spacial score (nSPS) is 11.1. The van der Waals surface area contributed by atoms with E-state index in [2.05, 4.69) is 15.0 Å². The fourth-order valence-electron chi connectivity index (χ4n) is 2.37. The van der Waals surface area contributed by atoms with Crippen LogP contribution in [-0.2, 0) is 16.4 Å². The van der Waals surface area contributed by atoms with Crippen molar-refractivity contribution in [2.24, 2.45) is 0 Å². The Morgan fingerprint density at radius 1 is 1.07 bits per heavy atom. The fraction of sp³-hybridized carbons (Fsp3) is 0.158. The molecule has 0 unspecified atom stereocenters. The SMILES string of the molecule is Cc1ccc(S(=O)(=O)Nc2nc(C(=O)NCCc3ccccc3)cs2)cc1. The van der Waals surface area contributed by atoms with Crippen molar-refractivity contribution in [3.8, 4) is 0 Å². The third-order valence-corrected chi connectivity index (χ3v) is 6.07. The molecule has 0 saturated carbocycles. The van der Waals surface area contributed by atoms with Gasteiger partial charge in [-0.2, -0.15) is 0 Å². The molecule has 0 spiro atoms. The summed E-state index contributed by atoms with van der Waals surface area (Å²) in [5.74, 6) is -0.331. The molecule has 0 fully saturated rings. The number of nitrogens with zero attached hydrogens (tertiary/aromatic N) is 1. The van der Waals surface area contributed by atoms with Crippen LogP contribution < -0.4 is 10.0 Å². The summed E-state index contributed by atoms with van der Waals surface area (Å²) >= 11 is 1.07. The van der Waals surface area contributed by atoms with Gasteiger partial charge in [0.1, 0.15) is 5.69 Å². The van der Waals surface area contributed by atoms with Crippen LogP contribution in [-0.4, -0.2) is 25.9 Å². The zero-order valence-corrected chi connectivity index (χ0v) is 16.3. The summed E-state index contributed by atoms with van der Waals surface area (Å²) in [5, 5.41) is 4.48. The van der Waals surface area contributed by atoms with Crippen LogP contribution >= 0.6 is 11.3 Å². The van der Waals surface area contributed by atoms with Gasteiger partial charge in [-0.25, -0.2) is 13.4 Å². The Bertz CT molecular complexity index is 1010. The molecule has 0 aliphatic heterocycles. The summed E-state index contributed by atoms with van der Waals surface area (Å²) in [6.07, 6.45) is 0.712. The van der Waals surface area contributed by atoms with E-state index in [1.54, 1.807) is 12.1 Å². The molecule has 27 heavy (non-hydrogen) atoms. The maximum absolute atomic E-state index is 12.4. The van der Waals surface area contributed by atoms with E-state index in [4.69, 9.17) is 0 Å². The molecule has 2 aromatic carbocycles. The first-order valence-corrected chi connectivity index (χ1v) is 10.7. The minimum absolute atomic E-state index is 0.150. The molecule has 3 rings (SSSR count). The lowest BCUT2D eigenvalue weighted by atomic mass is 10.1. The minimum atomic E-state index is -3.73. The zero-order chi connectivity index (χ0) is 19.3. The van der Waals surface area contributed by atoms with E-state index < -0.39 is 10.0 Å². The van der Waals surface area contributed by atoms with Crippen molar-refractivity contribution in [3.05, 3.63) is 76.8 Å². The van der Waals surface area contributed by atoms with Gasteiger partial charge in [0.15, 0.2) is 5.13 Å². The highest BCUT2D eigenvalue weighted by atomic mass is 32.2. The predicted molar refractivity (Wildman–Crippen MR) is 107 cm³/mol. The van der Waals surface area contributed by atoms with E-state index in [0.29, 0.717) is 13.0 Å². The molecule has 1 aromatic heterocycles. The van der Waals surface area contributed by atoms with E-state index in [-0.39, 0.29) is 21.6 Å². The number of thiazole rings is 1. The van der Waals surface area contributed by atoms with E-state index in [1.165, 1.54) is 17.5 Å². The average molecular weight is 402 g/mol. The lowest BCUT2D eigenvalue weighted by Gasteiger charge is -2.05. The number of rotatable bonds is 7. The molecule has 0 aliphatic rings. The third-order valence-electron chi connectivity index (χ3n) is 3.83. The van der Waals surface area contributed by atoms with Gasteiger partial charge in [-0.3, -0.25) is 9.52 Å². The van der Waals surface area contributed by atoms with Crippen LogP contribution in [0.25, 0.3) is 0 Å². The topological polar surface area (TPSA) is 88.2 Å². The number of carbonyl (C=O) groups is 1. The van der Waals surface area contributed by atoms with Crippen LogP contribution in [0.3, 0.4) is 0 Å². The minimum Gasteiger partial charge on any atom is -0.350 e. The fourth-order valence-corrected chi connectivity index (χ4v) is 4.32. The summed E-state index contributed by atoms with van der Waals surface area (Å²) in [6.45, 7) is 2.36. The molecule has 0 radical (unpaired) electrons. The number of anilines is 1. The molecule has 1 heterocycles. The molecule has 0 atom stereocenters. The second-order valence-corrected chi connectivity index (χ2v) is 8.49. The number of amides is 1. The van der Waals surface area contributed by atoms with Crippen molar-refractivity contribution in [2.45, 2.75) is 18.2 Å². The molecule has 0 saturated heterocycles. The van der Waals surface area contributed by atoms with Crippen molar-refractivity contribution in [1.82, 2.24) is 10.3 Å². The first kappa shape index (κ1) is 19.1. The van der Waals surface area contributed by atoms with Crippen molar-refractivity contribution in [1.29, 1.82) is 0 Å². The maximum Gasteiger partial charge on any atom is 0.270 e. The summed E-state index contributed by atoms with van der Waals surface area (Å²) in [5.41, 5.74) is 2.29. The lowest BCUT2D eigenvalue weighted by molar-refractivity contribution is 0.0950. The first-order chi connectivity index (χ1) is 12.9. The van der Waals surface area contributed by atoms with Gasteiger partial charge in [0.2, 0.25) is 0 Å².